The van der Waals surface area contributed by atoms with Crippen LogP contribution in [0.3, 0.4) is 0 Å². The molecule has 31 heavy (non-hydrogen) atoms. The monoisotopic (exact) mass is 502 g/mol. The topological polar surface area (TPSA) is 190 Å². The predicted octanol–water partition coefficient (Wildman–Crippen LogP) is 2.71. The van der Waals surface area contributed by atoms with Crippen molar-refractivity contribution in [2.24, 2.45) is 0 Å². The van der Waals surface area contributed by atoms with Crippen LogP contribution in [0.25, 0.3) is 0 Å². The zero-order valence-corrected chi connectivity index (χ0v) is 17.4. The molecule has 0 fully saturated rings. The Kier molecular flexibility index (Phi) is 6.58. The number of nitro benzene ring substituents is 2. The van der Waals surface area contributed by atoms with Crippen molar-refractivity contribution in [2.75, 3.05) is 6.66 Å². The summed E-state index contributed by atoms with van der Waals surface area (Å²) in [5.41, 5.74) is -1.63. The highest BCUT2D eigenvalue weighted by Crippen LogP contribution is 2.50. The highest BCUT2D eigenvalue weighted by molar-refractivity contribution is 7.95. The SMILES string of the molecule is CP(=O)(OS(=O)(=O)c1ccc([N+](=O)[O-])cc1F)OS(=O)(=O)c1ccc([N+](=O)[O-])cc1F. The van der Waals surface area contributed by atoms with Crippen LogP contribution in [0.15, 0.2) is 46.2 Å². The molecule has 168 valence electrons. The molecular weight excluding hydrogens is 493 g/mol. The van der Waals surface area contributed by atoms with E-state index in [1.807, 2.05) is 0 Å². The summed E-state index contributed by atoms with van der Waals surface area (Å²) >= 11 is 0. The van der Waals surface area contributed by atoms with Crippen LogP contribution >= 0.6 is 7.60 Å². The smallest absolute Gasteiger partial charge is 0.258 e. The standard InChI is InChI=1S/C13H9F2N2O11PS2/c1-29(22,27-30(23,24)12-4-2-8(16(18)19)6-10(12)14)28-31(25,26)13-5-3-9(17(20)21)7-11(13)15/h2-7H,1H3. The Bertz CT molecular complexity index is 1250. The van der Waals surface area contributed by atoms with E-state index in [0.717, 1.165) is 0 Å². The van der Waals surface area contributed by atoms with Gasteiger partial charge in [-0.15, -0.1) is 0 Å². The van der Waals surface area contributed by atoms with E-state index in [1.54, 1.807) is 0 Å². The number of nitrogens with zero attached hydrogens (tertiary/aromatic N) is 2. The first-order valence-corrected chi connectivity index (χ1v) is 12.2. The van der Waals surface area contributed by atoms with Gasteiger partial charge in [-0.3, -0.25) is 24.8 Å². The van der Waals surface area contributed by atoms with Crippen LogP contribution in [-0.2, 0) is 32.7 Å². The van der Waals surface area contributed by atoms with Crippen molar-refractivity contribution in [2.45, 2.75) is 9.79 Å². The first-order valence-electron chi connectivity index (χ1n) is 7.43. The lowest BCUT2D eigenvalue weighted by molar-refractivity contribution is -0.385. The van der Waals surface area contributed by atoms with Crippen molar-refractivity contribution >= 4 is 39.2 Å². The zero-order valence-electron chi connectivity index (χ0n) is 14.9. The van der Waals surface area contributed by atoms with Crippen LogP contribution in [0, 0.1) is 31.9 Å². The third-order valence-electron chi connectivity index (χ3n) is 3.26. The summed E-state index contributed by atoms with van der Waals surface area (Å²) in [4.78, 5) is 16.5. The normalized spacial score (nSPS) is 12.5. The van der Waals surface area contributed by atoms with Crippen molar-refractivity contribution in [3.05, 3.63) is 68.3 Å². The minimum atomic E-state index is -5.31. The summed E-state index contributed by atoms with van der Waals surface area (Å²) in [6.45, 7) is 0.356. The van der Waals surface area contributed by atoms with Gasteiger partial charge >= 0.3 is 27.8 Å². The molecule has 0 saturated carbocycles. The molecule has 0 aliphatic rings. The van der Waals surface area contributed by atoms with E-state index in [2.05, 4.69) is 7.94 Å². The summed E-state index contributed by atoms with van der Waals surface area (Å²) in [7, 11) is -15.8. The van der Waals surface area contributed by atoms with Gasteiger partial charge in [-0.2, -0.15) is 24.8 Å². The largest absolute Gasteiger partial charge is 0.357 e. The minimum absolute atomic E-state index is 0.223. The fourth-order valence-electron chi connectivity index (χ4n) is 2.06. The van der Waals surface area contributed by atoms with Gasteiger partial charge in [0, 0.05) is 18.8 Å². The van der Waals surface area contributed by atoms with E-state index < -0.39 is 70.5 Å². The number of nitro groups is 2. The average molecular weight is 502 g/mol. The number of hydrogen-bond acceptors (Lipinski definition) is 11. The molecule has 2 rings (SSSR count). The zero-order chi connectivity index (χ0) is 23.8. The second-order valence-electron chi connectivity index (χ2n) is 5.57. The maximum atomic E-state index is 13.9. The Morgan fingerprint density at radius 2 is 1.13 bits per heavy atom. The van der Waals surface area contributed by atoms with Crippen LogP contribution in [0.5, 0.6) is 0 Å². The molecule has 0 saturated heterocycles. The molecule has 2 aromatic rings. The number of hydrogen-bond donors (Lipinski definition) is 0. The molecule has 0 bridgehead atoms. The summed E-state index contributed by atoms with van der Waals surface area (Å²) in [6, 6.07) is 2.44. The molecule has 18 heteroatoms. The Morgan fingerprint density at radius 1 is 0.806 bits per heavy atom. The molecule has 13 nitrogen and oxygen atoms in total. The van der Waals surface area contributed by atoms with Crippen LogP contribution in [-0.4, -0.2) is 33.3 Å². The molecule has 0 N–H and O–H groups in total. The molecule has 0 amide bonds. The molecule has 0 aliphatic carbocycles. The van der Waals surface area contributed by atoms with E-state index in [1.165, 1.54) is 0 Å². The van der Waals surface area contributed by atoms with Gasteiger partial charge in [-0.25, -0.2) is 8.78 Å². The lowest BCUT2D eigenvalue weighted by atomic mass is 10.3. The number of rotatable bonds is 8. The summed E-state index contributed by atoms with van der Waals surface area (Å²) in [6.07, 6.45) is 0. The van der Waals surface area contributed by atoms with Crippen LogP contribution in [0.2, 0.25) is 0 Å². The van der Waals surface area contributed by atoms with Gasteiger partial charge in [0.05, 0.1) is 22.0 Å². The molecule has 2 aromatic carbocycles. The number of benzene rings is 2. The molecule has 0 unspecified atom stereocenters. The summed E-state index contributed by atoms with van der Waals surface area (Å²) < 4.78 is 96.9. The van der Waals surface area contributed by atoms with Crippen molar-refractivity contribution in [1.29, 1.82) is 0 Å². The molecular formula is C13H9F2N2O11PS2. The van der Waals surface area contributed by atoms with E-state index in [0.29, 0.717) is 30.9 Å². The van der Waals surface area contributed by atoms with Crippen molar-refractivity contribution in [3.63, 3.8) is 0 Å². The fraction of sp³-hybridized carbons (Fsp3) is 0.0769. The average Bonchev–Trinajstić information content (AvgIpc) is 2.58. The summed E-state index contributed by atoms with van der Waals surface area (Å²) in [5.74, 6) is -3.34. The summed E-state index contributed by atoms with van der Waals surface area (Å²) in [5, 5.41) is 21.2. The lowest BCUT2D eigenvalue weighted by Gasteiger charge is -2.14. The quantitative estimate of drug-likeness (QED) is 0.293. The number of non-ortho nitro benzene ring substituents is 2. The maximum absolute atomic E-state index is 13.9. The highest BCUT2D eigenvalue weighted by atomic mass is 32.2. The highest BCUT2D eigenvalue weighted by Gasteiger charge is 2.37. The predicted molar refractivity (Wildman–Crippen MR) is 96.2 cm³/mol. The second-order valence-corrected chi connectivity index (χ2v) is 11.0. The lowest BCUT2D eigenvalue weighted by Crippen LogP contribution is -2.12. The van der Waals surface area contributed by atoms with Crippen molar-refractivity contribution in [1.82, 2.24) is 0 Å². The molecule has 0 aromatic heterocycles. The van der Waals surface area contributed by atoms with Gasteiger partial charge in [0.25, 0.3) is 11.4 Å². The third kappa shape index (κ3) is 5.65. The Balaban J connectivity index is 2.35. The Hall–Kier alpha value is -2.85. The first-order chi connectivity index (χ1) is 14.1. The molecule has 0 aliphatic heterocycles. The van der Waals surface area contributed by atoms with Crippen molar-refractivity contribution in [3.8, 4) is 0 Å². The van der Waals surface area contributed by atoms with Gasteiger partial charge < -0.3 is 0 Å². The molecule has 0 radical (unpaired) electrons. The van der Waals surface area contributed by atoms with Crippen LogP contribution in [0.4, 0.5) is 20.2 Å². The van der Waals surface area contributed by atoms with Gasteiger partial charge in [-0.05, 0) is 12.1 Å². The van der Waals surface area contributed by atoms with Gasteiger partial charge in [-0.1, -0.05) is 0 Å². The molecule has 0 spiro atoms. The Labute approximate surface area is 172 Å². The van der Waals surface area contributed by atoms with E-state index in [-0.39, 0.29) is 12.1 Å². The molecule has 0 heterocycles. The maximum Gasteiger partial charge on any atom is 0.357 e. The third-order valence-corrected chi connectivity index (χ3v) is 8.73. The van der Waals surface area contributed by atoms with E-state index in [9.17, 15) is 50.4 Å². The van der Waals surface area contributed by atoms with E-state index >= 15 is 0 Å². The van der Waals surface area contributed by atoms with Crippen LogP contribution < -0.4 is 0 Å². The van der Waals surface area contributed by atoms with Crippen molar-refractivity contribution < 1.29 is 48.0 Å². The van der Waals surface area contributed by atoms with Gasteiger partial charge in [0.15, 0.2) is 11.6 Å². The minimum Gasteiger partial charge on any atom is -0.258 e. The van der Waals surface area contributed by atoms with Crippen LogP contribution in [0.1, 0.15) is 0 Å². The Morgan fingerprint density at radius 3 is 1.39 bits per heavy atom. The second kappa shape index (κ2) is 8.35. The van der Waals surface area contributed by atoms with Gasteiger partial charge in [0.1, 0.15) is 9.79 Å². The first kappa shape index (κ1) is 24.4. The van der Waals surface area contributed by atoms with Gasteiger partial charge in [0.2, 0.25) is 0 Å². The molecule has 0 atom stereocenters. The number of halogens is 2. The van der Waals surface area contributed by atoms with E-state index in [4.69, 9.17) is 0 Å². The fourth-order valence-corrected chi connectivity index (χ4v) is 6.94.